The minimum Gasteiger partial charge on any atom is -0.463 e. The van der Waals surface area contributed by atoms with Crippen LogP contribution in [0.4, 0.5) is 0 Å². The average Bonchev–Trinajstić information content (AvgIpc) is 2.26. The molecular formula is C12H13ClO2S. The molecule has 86 valence electrons. The molecule has 0 heterocycles. The molecule has 0 aromatic heterocycles. The number of hydrogen-bond donors (Lipinski definition) is 0. The Morgan fingerprint density at radius 1 is 1.56 bits per heavy atom. The van der Waals surface area contributed by atoms with Crippen LogP contribution in [0.15, 0.2) is 41.3 Å². The van der Waals surface area contributed by atoms with Crippen molar-refractivity contribution in [3.8, 4) is 0 Å². The Morgan fingerprint density at radius 2 is 2.31 bits per heavy atom. The Balaban J connectivity index is 2.46. The van der Waals surface area contributed by atoms with Crippen molar-refractivity contribution < 1.29 is 9.53 Å². The van der Waals surface area contributed by atoms with Crippen molar-refractivity contribution in [2.45, 2.75) is 11.8 Å². The van der Waals surface area contributed by atoms with Gasteiger partial charge in [-0.15, -0.1) is 11.8 Å². The summed E-state index contributed by atoms with van der Waals surface area (Å²) in [4.78, 5) is 12.3. The molecule has 0 N–H and O–H groups in total. The fraction of sp³-hybridized carbons (Fsp3) is 0.250. The first-order valence-corrected chi connectivity index (χ1v) is 6.23. The zero-order valence-corrected chi connectivity index (χ0v) is 10.6. The van der Waals surface area contributed by atoms with Crippen molar-refractivity contribution in [1.82, 2.24) is 0 Å². The number of carbonyl (C=O) groups is 1. The number of hydrogen-bond acceptors (Lipinski definition) is 3. The van der Waals surface area contributed by atoms with Crippen LogP contribution in [0.25, 0.3) is 0 Å². The third kappa shape index (κ3) is 4.29. The van der Waals surface area contributed by atoms with Gasteiger partial charge in [0.1, 0.15) is 0 Å². The first-order valence-electron chi connectivity index (χ1n) is 4.86. The molecule has 0 unspecified atom stereocenters. The molecule has 16 heavy (non-hydrogen) atoms. The predicted molar refractivity (Wildman–Crippen MR) is 67.9 cm³/mol. The fourth-order valence-electron chi connectivity index (χ4n) is 1.02. The zero-order valence-electron chi connectivity index (χ0n) is 9.03. The number of rotatable bonds is 5. The van der Waals surface area contributed by atoms with E-state index in [4.69, 9.17) is 16.3 Å². The molecule has 2 nitrogen and oxygen atoms in total. The summed E-state index contributed by atoms with van der Waals surface area (Å²) < 4.78 is 4.84. The molecule has 0 saturated carbocycles. The molecule has 0 radical (unpaired) electrons. The Morgan fingerprint density at radius 3 is 2.94 bits per heavy atom. The quantitative estimate of drug-likeness (QED) is 0.458. The summed E-state index contributed by atoms with van der Waals surface area (Å²) >= 11 is 7.36. The third-order valence-electron chi connectivity index (χ3n) is 1.77. The van der Waals surface area contributed by atoms with Crippen LogP contribution in [0.3, 0.4) is 0 Å². The van der Waals surface area contributed by atoms with Gasteiger partial charge in [0, 0.05) is 21.2 Å². The maximum absolute atomic E-state index is 11.3. The van der Waals surface area contributed by atoms with Crippen LogP contribution in [-0.4, -0.2) is 18.3 Å². The Hall–Kier alpha value is -0.930. The highest BCUT2D eigenvalue weighted by molar-refractivity contribution is 7.99. The topological polar surface area (TPSA) is 26.3 Å². The highest BCUT2D eigenvalue weighted by Crippen LogP contribution is 2.23. The zero-order chi connectivity index (χ0) is 12.0. The third-order valence-corrected chi connectivity index (χ3v) is 3.09. The second kappa shape index (κ2) is 6.61. The Kier molecular flexibility index (Phi) is 5.43. The van der Waals surface area contributed by atoms with Gasteiger partial charge >= 0.3 is 5.97 Å². The molecule has 0 aliphatic carbocycles. The lowest BCUT2D eigenvalue weighted by molar-refractivity contribution is -0.138. The molecule has 1 rings (SSSR count). The van der Waals surface area contributed by atoms with Crippen LogP contribution in [-0.2, 0) is 9.53 Å². The Bertz CT molecular complexity index is 390. The maximum Gasteiger partial charge on any atom is 0.334 e. The second-order valence-electron chi connectivity index (χ2n) is 3.07. The van der Waals surface area contributed by atoms with Gasteiger partial charge in [-0.1, -0.05) is 24.2 Å². The van der Waals surface area contributed by atoms with Crippen molar-refractivity contribution in [2.24, 2.45) is 0 Å². The predicted octanol–water partition coefficient (Wildman–Crippen LogP) is 3.55. The molecule has 1 aromatic carbocycles. The van der Waals surface area contributed by atoms with Gasteiger partial charge in [-0.3, -0.25) is 0 Å². The number of esters is 1. The van der Waals surface area contributed by atoms with Crippen LogP contribution in [0.5, 0.6) is 0 Å². The minimum atomic E-state index is -0.336. The largest absolute Gasteiger partial charge is 0.463 e. The van der Waals surface area contributed by atoms with Gasteiger partial charge < -0.3 is 4.74 Å². The molecule has 0 atom stereocenters. The van der Waals surface area contributed by atoms with E-state index in [-0.39, 0.29) is 5.97 Å². The summed E-state index contributed by atoms with van der Waals surface area (Å²) in [6.07, 6.45) is 0. The van der Waals surface area contributed by atoms with E-state index in [1.54, 1.807) is 6.92 Å². The maximum atomic E-state index is 11.3. The van der Waals surface area contributed by atoms with Crippen LogP contribution in [0, 0.1) is 0 Å². The van der Waals surface area contributed by atoms with Crippen molar-refractivity contribution in [3.63, 3.8) is 0 Å². The van der Waals surface area contributed by atoms with Crippen molar-refractivity contribution in [2.75, 3.05) is 12.4 Å². The second-order valence-corrected chi connectivity index (χ2v) is 4.56. The molecule has 0 bridgehead atoms. The van der Waals surface area contributed by atoms with E-state index in [2.05, 4.69) is 6.58 Å². The SMILES string of the molecule is C=C(CSc1cccc(Cl)c1)C(=O)OCC. The van der Waals surface area contributed by atoms with Gasteiger partial charge in [0.2, 0.25) is 0 Å². The van der Waals surface area contributed by atoms with Gasteiger partial charge in [0.05, 0.1) is 6.61 Å². The first kappa shape index (κ1) is 13.1. The van der Waals surface area contributed by atoms with Gasteiger partial charge in [-0.05, 0) is 25.1 Å². The molecule has 1 aromatic rings. The van der Waals surface area contributed by atoms with E-state index in [1.165, 1.54) is 11.8 Å². The molecule has 0 fully saturated rings. The average molecular weight is 257 g/mol. The monoisotopic (exact) mass is 256 g/mol. The number of thioether (sulfide) groups is 1. The number of halogens is 1. The van der Waals surface area contributed by atoms with E-state index in [1.807, 2.05) is 24.3 Å². The summed E-state index contributed by atoms with van der Waals surface area (Å²) in [5.41, 5.74) is 0.465. The molecule has 0 aliphatic heterocycles. The van der Waals surface area contributed by atoms with Crippen molar-refractivity contribution in [1.29, 1.82) is 0 Å². The summed E-state index contributed by atoms with van der Waals surface area (Å²) in [7, 11) is 0. The summed E-state index contributed by atoms with van der Waals surface area (Å²) in [5, 5.41) is 0.687. The summed E-state index contributed by atoms with van der Waals surface area (Å²) in [6, 6.07) is 7.48. The van der Waals surface area contributed by atoms with Crippen LogP contribution >= 0.6 is 23.4 Å². The highest BCUT2D eigenvalue weighted by Gasteiger charge is 2.07. The molecule has 0 amide bonds. The number of benzene rings is 1. The number of carbonyl (C=O) groups excluding carboxylic acids is 1. The van der Waals surface area contributed by atoms with Gasteiger partial charge in [0.25, 0.3) is 0 Å². The normalized spacial score (nSPS) is 9.88. The van der Waals surface area contributed by atoms with Gasteiger partial charge in [0.15, 0.2) is 0 Å². The van der Waals surface area contributed by atoms with E-state index in [9.17, 15) is 4.79 Å². The standard InChI is InChI=1S/C12H13ClO2S/c1-3-15-12(14)9(2)8-16-11-6-4-5-10(13)7-11/h4-7H,2-3,8H2,1H3. The van der Waals surface area contributed by atoms with Crippen molar-refractivity contribution in [3.05, 3.63) is 41.4 Å². The lowest BCUT2D eigenvalue weighted by Gasteiger charge is -2.05. The fourth-order valence-corrected chi connectivity index (χ4v) is 2.12. The van der Waals surface area contributed by atoms with Gasteiger partial charge in [-0.2, -0.15) is 0 Å². The summed E-state index contributed by atoms with van der Waals surface area (Å²) in [5.74, 6) is 0.177. The first-order chi connectivity index (χ1) is 7.63. The molecule has 0 spiro atoms. The molecule has 0 aliphatic rings. The Labute approximate surface area is 105 Å². The lowest BCUT2D eigenvalue weighted by atomic mass is 10.3. The molecule has 4 heteroatoms. The van der Waals surface area contributed by atoms with Crippen LogP contribution in [0.1, 0.15) is 6.92 Å². The number of ether oxygens (including phenoxy) is 1. The molecule has 0 saturated heterocycles. The van der Waals surface area contributed by atoms with Crippen LogP contribution < -0.4 is 0 Å². The smallest absolute Gasteiger partial charge is 0.334 e. The van der Waals surface area contributed by atoms with Crippen molar-refractivity contribution >= 4 is 29.3 Å². The van der Waals surface area contributed by atoms with E-state index < -0.39 is 0 Å². The minimum absolute atomic E-state index is 0.336. The molecular weight excluding hydrogens is 244 g/mol. The lowest BCUT2D eigenvalue weighted by Crippen LogP contribution is -2.08. The van der Waals surface area contributed by atoms with Crippen LogP contribution in [0.2, 0.25) is 5.02 Å². The van der Waals surface area contributed by atoms with Gasteiger partial charge in [-0.25, -0.2) is 4.79 Å². The van der Waals surface area contributed by atoms with E-state index >= 15 is 0 Å². The van der Waals surface area contributed by atoms with E-state index in [0.717, 1.165) is 4.90 Å². The van der Waals surface area contributed by atoms with E-state index in [0.29, 0.717) is 23.0 Å². The summed E-state index contributed by atoms with van der Waals surface area (Å²) in [6.45, 7) is 5.83. The highest BCUT2D eigenvalue weighted by atomic mass is 35.5.